The number of rotatable bonds is 4. The van der Waals surface area contributed by atoms with Crippen molar-refractivity contribution in [3.63, 3.8) is 0 Å². The van der Waals surface area contributed by atoms with Crippen LogP contribution in [0.3, 0.4) is 0 Å². The number of nitrogens with zero attached hydrogens (tertiary/aromatic N) is 2. The Kier molecular flexibility index (Phi) is 5.85. The summed E-state index contributed by atoms with van der Waals surface area (Å²) < 4.78 is 6.43. The SMILES string of the molecule is CC1(C)c2ccccc2-c2nc(-c3ccc(-c4ccccc4)cc3)nc(-c3cccc(-c4cccc5c4oc4ccccc45)c3)c21. The third-order valence-corrected chi connectivity index (χ3v) is 9.49. The number of furan rings is 1. The van der Waals surface area contributed by atoms with Gasteiger partial charge in [0.25, 0.3) is 0 Å². The molecule has 8 aromatic rings. The highest BCUT2D eigenvalue weighted by atomic mass is 16.3. The monoisotopic (exact) mass is 590 g/mol. The first-order valence-corrected chi connectivity index (χ1v) is 15.8. The maximum atomic E-state index is 6.43. The van der Waals surface area contributed by atoms with Crippen molar-refractivity contribution < 1.29 is 4.42 Å². The Morgan fingerprint density at radius 1 is 0.478 bits per heavy atom. The topological polar surface area (TPSA) is 38.9 Å². The molecule has 0 bridgehead atoms. The summed E-state index contributed by atoms with van der Waals surface area (Å²) in [6, 6.07) is 51.1. The van der Waals surface area contributed by atoms with Crippen molar-refractivity contribution in [2.45, 2.75) is 19.3 Å². The van der Waals surface area contributed by atoms with Crippen LogP contribution in [0.2, 0.25) is 0 Å². The predicted octanol–water partition coefficient (Wildman–Crippen LogP) is 11.4. The van der Waals surface area contributed by atoms with Crippen LogP contribution in [0.25, 0.3) is 78.1 Å². The van der Waals surface area contributed by atoms with E-state index >= 15 is 0 Å². The summed E-state index contributed by atoms with van der Waals surface area (Å²) in [4.78, 5) is 10.6. The zero-order valence-electron chi connectivity index (χ0n) is 25.7. The second-order valence-corrected chi connectivity index (χ2v) is 12.6. The molecule has 3 heteroatoms. The number of aromatic nitrogens is 2. The molecule has 2 aromatic heterocycles. The minimum Gasteiger partial charge on any atom is -0.455 e. The Labute approximate surface area is 267 Å². The minimum atomic E-state index is -0.258. The van der Waals surface area contributed by atoms with Gasteiger partial charge in [0.2, 0.25) is 0 Å². The van der Waals surface area contributed by atoms with Crippen LogP contribution in [0.5, 0.6) is 0 Å². The molecule has 2 heterocycles. The van der Waals surface area contributed by atoms with Gasteiger partial charge in [0.05, 0.1) is 11.4 Å². The molecule has 9 rings (SSSR count). The Morgan fingerprint density at radius 3 is 1.96 bits per heavy atom. The molecule has 0 unspecified atom stereocenters. The quantitative estimate of drug-likeness (QED) is 0.205. The Bertz CT molecular complexity index is 2440. The molecule has 1 aliphatic rings. The zero-order chi connectivity index (χ0) is 30.8. The van der Waals surface area contributed by atoms with Crippen molar-refractivity contribution >= 4 is 21.9 Å². The van der Waals surface area contributed by atoms with Gasteiger partial charge in [-0.2, -0.15) is 0 Å². The van der Waals surface area contributed by atoms with Crippen molar-refractivity contribution in [3.05, 3.63) is 157 Å². The van der Waals surface area contributed by atoms with E-state index in [0.29, 0.717) is 0 Å². The first-order chi connectivity index (χ1) is 22.6. The molecule has 0 amide bonds. The van der Waals surface area contributed by atoms with Crippen LogP contribution in [0.15, 0.2) is 150 Å². The molecule has 0 saturated carbocycles. The van der Waals surface area contributed by atoms with Gasteiger partial charge in [-0.25, -0.2) is 9.97 Å². The average Bonchev–Trinajstić information content (AvgIpc) is 3.61. The van der Waals surface area contributed by atoms with Gasteiger partial charge in [-0.05, 0) is 34.4 Å². The summed E-state index contributed by atoms with van der Waals surface area (Å²) in [6.45, 7) is 4.58. The van der Waals surface area contributed by atoms with Gasteiger partial charge in [0, 0.05) is 44.0 Å². The molecule has 0 radical (unpaired) electrons. The molecule has 6 aromatic carbocycles. The first-order valence-electron chi connectivity index (χ1n) is 15.8. The second kappa shape index (κ2) is 10.1. The molecule has 0 fully saturated rings. The number of hydrogen-bond acceptors (Lipinski definition) is 3. The van der Waals surface area contributed by atoms with E-state index in [2.05, 4.69) is 141 Å². The van der Waals surface area contributed by atoms with Crippen molar-refractivity contribution in [1.29, 1.82) is 0 Å². The summed E-state index contributed by atoms with van der Waals surface area (Å²) in [5, 5.41) is 2.26. The van der Waals surface area contributed by atoms with Gasteiger partial charge in [-0.15, -0.1) is 0 Å². The minimum absolute atomic E-state index is 0.258. The van der Waals surface area contributed by atoms with Crippen LogP contribution in [-0.4, -0.2) is 9.97 Å². The van der Waals surface area contributed by atoms with E-state index in [4.69, 9.17) is 14.4 Å². The lowest BCUT2D eigenvalue weighted by atomic mass is 9.80. The fourth-order valence-electron chi connectivity index (χ4n) is 7.21. The van der Waals surface area contributed by atoms with Crippen molar-refractivity contribution in [3.8, 4) is 56.2 Å². The molecule has 218 valence electrons. The summed E-state index contributed by atoms with van der Waals surface area (Å²) in [5.41, 5.74) is 13.7. The van der Waals surface area contributed by atoms with Gasteiger partial charge < -0.3 is 4.42 Å². The van der Waals surface area contributed by atoms with E-state index < -0.39 is 0 Å². The van der Waals surface area contributed by atoms with Crippen LogP contribution in [0, 0.1) is 0 Å². The lowest BCUT2D eigenvalue weighted by molar-refractivity contribution is 0.658. The average molecular weight is 591 g/mol. The Morgan fingerprint density at radius 2 is 1.09 bits per heavy atom. The van der Waals surface area contributed by atoms with Crippen molar-refractivity contribution in [1.82, 2.24) is 9.97 Å². The molecular weight excluding hydrogens is 560 g/mol. The van der Waals surface area contributed by atoms with Crippen LogP contribution < -0.4 is 0 Å². The molecular formula is C43H30N2O. The second-order valence-electron chi connectivity index (χ2n) is 12.6. The fourth-order valence-corrected chi connectivity index (χ4v) is 7.21. The zero-order valence-corrected chi connectivity index (χ0v) is 25.7. The molecule has 0 spiro atoms. The van der Waals surface area contributed by atoms with E-state index in [1.54, 1.807) is 0 Å². The van der Waals surface area contributed by atoms with E-state index in [1.807, 2.05) is 18.2 Å². The summed E-state index contributed by atoms with van der Waals surface area (Å²) >= 11 is 0. The summed E-state index contributed by atoms with van der Waals surface area (Å²) in [5.74, 6) is 0.727. The highest BCUT2D eigenvalue weighted by Gasteiger charge is 2.40. The molecule has 46 heavy (non-hydrogen) atoms. The van der Waals surface area contributed by atoms with E-state index in [9.17, 15) is 0 Å². The van der Waals surface area contributed by atoms with Gasteiger partial charge in [0.15, 0.2) is 5.82 Å². The van der Waals surface area contributed by atoms with Gasteiger partial charge >= 0.3 is 0 Å². The normalized spacial score (nSPS) is 13.2. The first kappa shape index (κ1) is 26.6. The standard InChI is InChI=1S/C43H30N2O/c1-43(2)36-20-8-6-17-35(36)40-38(43)39(44-42(45-40)29-24-22-28(23-25-29)27-12-4-3-5-13-27)31-15-10-14-30(26-31)32-18-11-19-34-33-16-7-9-21-37(33)46-41(32)34/h3-26H,1-2H3. The van der Waals surface area contributed by atoms with Crippen molar-refractivity contribution in [2.24, 2.45) is 0 Å². The van der Waals surface area contributed by atoms with Gasteiger partial charge in [0.1, 0.15) is 11.2 Å². The summed E-state index contributed by atoms with van der Waals surface area (Å²) in [6.07, 6.45) is 0. The number of hydrogen-bond donors (Lipinski definition) is 0. The molecule has 0 saturated heterocycles. The molecule has 0 atom stereocenters. The van der Waals surface area contributed by atoms with Crippen LogP contribution in [-0.2, 0) is 5.41 Å². The third kappa shape index (κ3) is 4.05. The van der Waals surface area contributed by atoms with Crippen LogP contribution in [0.4, 0.5) is 0 Å². The van der Waals surface area contributed by atoms with Crippen LogP contribution in [0.1, 0.15) is 25.0 Å². The Balaban J connectivity index is 1.24. The highest BCUT2D eigenvalue weighted by molar-refractivity contribution is 6.09. The maximum Gasteiger partial charge on any atom is 0.160 e. The number of fused-ring (bicyclic) bond motifs is 6. The summed E-state index contributed by atoms with van der Waals surface area (Å²) in [7, 11) is 0. The fraction of sp³-hybridized carbons (Fsp3) is 0.0698. The molecule has 0 aliphatic heterocycles. The van der Waals surface area contributed by atoms with E-state index in [1.165, 1.54) is 22.3 Å². The Hall–Kier alpha value is -5.80. The van der Waals surface area contributed by atoms with Gasteiger partial charge in [-0.3, -0.25) is 0 Å². The third-order valence-electron chi connectivity index (χ3n) is 9.49. The van der Waals surface area contributed by atoms with Crippen molar-refractivity contribution in [2.75, 3.05) is 0 Å². The lowest BCUT2D eigenvalue weighted by Gasteiger charge is -2.24. The molecule has 3 nitrogen and oxygen atoms in total. The van der Waals surface area contributed by atoms with E-state index in [-0.39, 0.29) is 5.41 Å². The van der Waals surface area contributed by atoms with Gasteiger partial charge in [-0.1, -0.05) is 147 Å². The largest absolute Gasteiger partial charge is 0.455 e. The number of para-hydroxylation sites is 2. The smallest absolute Gasteiger partial charge is 0.160 e. The lowest BCUT2D eigenvalue weighted by Crippen LogP contribution is -2.17. The maximum absolute atomic E-state index is 6.43. The molecule has 0 N–H and O–H groups in total. The van der Waals surface area contributed by atoms with Crippen LogP contribution >= 0.6 is 0 Å². The molecule has 1 aliphatic carbocycles. The van der Waals surface area contributed by atoms with E-state index in [0.717, 1.165) is 67.0 Å². The highest BCUT2D eigenvalue weighted by Crippen LogP contribution is 2.51. The number of benzene rings is 6. The predicted molar refractivity (Wildman–Crippen MR) is 189 cm³/mol.